The van der Waals surface area contributed by atoms with Gasteiger partial charge in [-0.3, -0.25) is 0 Å². The second kappa shape index (κ2) is 1.69. The van der Waals surface area contributed by atoms with E-state index in [4.69, 9.17) is 0 Å². The third-order valence-electron chi connectivity index (χ3n) is 0.720. The summed E-state index contributed by atoms with van der Waals surface area (Å²) in [6, 6.07) is 0. The van der Waals surface area contributed by atoms with Crippen LogP contribution in [0.5, 0.6) is 0 Å². The number of nitrogens with zero attached hydrogens (tertiary/aromatic N) is 1. The van der Waals surface area contributed by atoms with Crippen LogP contribution in [0.15, 0.2) is 12.0 Å². The van der Waals surface area contributed by atoms with Crippen LogP contribution in [0.3, 0.4) is 0 Å². The van der Waals surface area contributed by atoms with Gasteiger partial charge in [-0.15, -0.1) is 0 Å². The van der Waals surface area contributed by atoms with Gasteiger partial charge in [-0.2, -0.15) is 0 Å². The summed E-state index contributed by atoms with van der Waals surface area (Å²) in [7, 11) is 0. The van der Waals surface area contributed by atoms with Gasteiger partial charge in [0, 0.05) is 0 Å². The van der Waals surface area contributed by atoms with E-state index in [2.05, 4.69) is 10.6 Å². The average molecular weight is 114 g/mol. The lowest BCUT2D eigenvalue weighted by molar-refractivity contribution is -0.430. The largest absolute Gasteiger partial charge is 0.358 e. The smallest absolute Gasteiger partial charge is 0.333 e. The molecule has 1 aliphatic heterocycles. The van der Waals surface area contributed by atoms with Crippen LogP contribution in [0.1, 0.15) is 0 Å². The predicted molar refractivity (Wildman–Crippen MR) is 25.6 cm³/mol. The summed E-state index contributed by atoms with van der Waals surface area (Å²) >= 11 is 0. The number of nitrogens with one attached hydrogen (secondary N) is 2. The van der Waals surface area contributed by atoms with Crippen molar-refractivity contribution >= 4 is 0 Å². The molecule has 0 saturated carbocycles. The SMILES string of the molecule is O=[N+]([O-])C1=CN[CH]N1. The maximum atomic E-state index is 9.82. The van der Waals surface area contributed by atoms with Gasteiger partial charge in [-0.1, -0.05) is 0 Å². The van der Waals surface area contributed by atoms with Crippen molar-refractivity contribution in [3.05, 3.63) is 28.8 Å². The van der Waals surface area contributed by atoms with Crippen LogP contribution in [-0.2, 0) is 0 Å². The fraction of sp³-hybridized carbons (Fsp3) is 0. The van der Waals surface area contributed by atoms with Crippen LogP contribution in [0.4, 0.5) is 0 Å². The van der Waals surface area contributed by atoms with Gasteiger partial charge in [0.15, 0.2) is 0 Å². The molecule has 0 aromatic rings. The van der Waals surface area contributed by atoms with Crippen LogP contribution in [0, 0.1) is 16.8 Å². The standard InChI is InChI=1S/C3H4N3O2/c7-6(8)3-1-4-2-5-3/h1-2,4-5H. The fourth-order valence-corrected chi connectivity index (χ4v) is 0.383. The third-order valence-corrected chi connectivity index (χ3v) is 0.720. The van der Waals surface area contributed by atoms with Gasteiger partial charge >= 0.3 is 5.82 Å². The zero-order valence-corrected chi connectivity index (χ0v) is 3.92. The highest BCUT2D eigenvalue weighted by Gasteiger charge is 2.11. The fourth-order valence-electron chi connectivity index (χ4n) is 0.383. The average Bonchev–Trinajstić information content (AvgIpc) is 2.12. The van der Waals surface area contributed by atoms with Crippen molar-refractivity contribution in [3.63, 3.8) is 0 Å². The van der Waals surface area contributed by atoms with Crippen LogP contribution in [0.2, 0.25) is 0 Å². The summed E-state index contributed by atoms with van der Waals surface area (Å²) in [6.07, 6.45) is 1.28. The van der Waals surface area contributed by atoms with E-state index in [9.17, 15) is 10.1 Å². The highest BCUT2D eigenvalue weighted by Crippen LogP contribution is 1.92. The summed E-state index contributed by atoms with van der Waals surface area (Å²) in [5.74, 6) is -0.0231. The van der Waals surface area contributed by atoms with Gasteiger partial charge in [-0.25, -0.2) is 5.32 Å². The molecule has 0 spiro atoms. The Hall–Kier alpha value is -1.26. The second-order valence-electron chi connectivity index (χ2n) is 1.24. The molecule has 0 aliphatic carbocycles. The summed E-state index contributed by atoms with van der Waals surface area (Å²) in [5, 5.41) is 14.7. The molecule has 0 aromatic carbocycles. The molecule has 5 heteroatoms. The molecule has 2 N–H and O–H groups in total. The molecule has 1 radical (unpaired) electrons. The zero-order chi connectivity index (χ0) is 5.98. The van der Waals surface area contributed by atoms with Crippen molar-refractivity contribution in [2.45, 2.75) is 0 Å². The molecule has 43 valence electrons. The Morgan fingerprint density at radius 2 is 2.50 bits per heavy atom. The highest BCUT2D eigenvalue weighted by atomic mass is 16.6. The molecule has 0 bridgehead atoms. The number of rotatable bonds is 1. The topological polar surface area (TPSA) is 67.2 Å². The van der Waals surface area contributed by atoms with E-state index in [-0.39, 0.29) is 5.82 Å². The lowest BCUT2D eigenvalue weighted by atomic mass is 10.8. The lowest BCUT2D eigenvalue weighted by Crippen LogP contribution is -2.12. The van der Waals surface area contributed by atoms with Crippen molar-refractivity contribution in [3.8, 4) is 0 Å². The van der Waals surface area contributed by atoms with E-state index in [1.54, 1.807) is 0 Å². The minimum absolute atomic E-state index is 0.0231. The molecule has 5 nitrogen and oxygen atoms in total. The van der Waals surface area contributed by atoms with Gasteiger partial charge in [0.25, 0.3) is 0 Å². The monoisotopic (exact) mass is 114 g/mol. The summed E-state index contributed by atoms with van der Waals surface area (Å²) in [4.78, 5) is 9.31. The van der Waals surface area contributed by atoms with Crippen LogP contribution < -0.4 is 10.6 Å². The second-order valence-corrected chi connectivity index (χ2v) is 1.24. The first-order valence-electron chi connectivity index (χ1n) is 1.99. The van der Waals surface area contributed by atoms with E-state index >= 15 is 0 Å². The van der Waals surface area contributed by atoms with E-state index in [1.807, 2.05) is 0 Å². The molecule has 0 aromatic heterocycles. The first kappa shape index (κ1) is 4.89. The van der Waals surface area contributed by atoms with Gasteiger partial charge in [0.1, 0.15) is 0 Å². The van der Waals surface area contributed by atoms with Gasteiger partial charge in [0.05, 0.1) is 6.20 Å². The third kappa shape index (κ3) is 0.699. The molecular formula is C3H4N3O2. The number of nitro groups is 1. The van der Waals surface area contributed by atoms with E-state index in [0.29, 0.717) is 0 Å². The molecule has 0 amide bonds. The Morgan fingerprint density at radius 3 is 2.75 bits per heavy atom. The van der Waals surface area contributed by atoms with E-state index in [1.165, 1.54) is 12.9 Å². The molecule has 1 heterocycles. The van der Waals surface area contributed by atoms with Crippen LogP contribution in [0.25, 0.3) is 0 Å². The molecule has 1 rings (SSSR count). The summed E-state index contributed by atoms with van der Waals surface area (Å²) < 4.78 is 0. The van der Waals surface area contributed by atoms with Crippen molar-refractivity contribution < 1.29 is 4.92 Å². The Bertz CT molecular complexity index is 141. The predicted octanol–water partition coefficient (Wildman–Crippen LogP) is -0.626. The Morgan fingerprint density at radius 1 is 1.75 bits per heavy atom. The van der Waals surface area contributed by atoms with Gasteiger partial charge < -0.3 is 15.4 Å². The normalized spacial score (nSPS) is 16.2. The zero-order valence-electron chi connectivity index (χ0n) is 3.92. The number of hydrogen-bond donors (Lipinski definition) is 2. The highest BCUT2D eigenvalue weighted by molar-refractivity contribution is 4.97. The van der Waals surface area contributed by atoms with E-state index in [0.717, 1.165) is 0 Å². The lowest BCUT2D eigenvalue weighted by Gasteiger charge is -1.89. The minimum atomic E-state index is -0.503. The first-order valence-corrected chi connectivity index (χ1v) is 1.99. The van der Waals surface area contributed by atoms with Crippen molar-refractivity contribution in [1.29, 1.82) is 0 Å². The molecule has 1 aliphatic rings. The molecule has 8 heavy (non-hydrogen) atoms. The molecular weight excluding hydrogens is 110 g/mol. The number of hydrogen-bond acceptors (Lipinski definition) is 4. The molecule has 0 fully saturated rings. The van der Waals surface area contributed by atoms with E-state index < -0.39 is 4.92 Å². The van der Waals surface area contributed by atoms with Crippen molar-refractivity contribution in [2.75, 3.05) is 0 Å². The molecule has 0 atom stereocenters. The van der Waals surface area contributed by atoms with Crippen LogP contribution in [-0.4, -0.2) is 4.92 Å². The molecule has 0 saturated heterocycles. The van der Waals surface area contributed by atoms with Crippen molar-refractivity contribution in [2.24, 2.45) is 0 Å². The Kier molecular flexibility index (Phi) is 1.03. The maximum absolute atomic E-state index is 9.82. The Balaban J connectivity index is 2.57. The first-order chi connectivity index (χ1) is 3.80. The maximum Gasteiger partial charge on any atom is 0.333 e. The van der Waals surface area contributed by atoms with Gasteiger partial charge in [0.2, 0.25) is 6.67 Å². The van der Waals surface area contributed by atoms with Crippen LogP contribution >= 0.6 is 0 Å². The summed E-state index contributed by atoms with van der Waals surface area (Å²) in [5.41, 5.74) is 0. The summed E-state index contributed by atoms with van der Waals surface area (Å²) in [6.45, 7) is 1.39. The molecule has 0 unspecified atom stereocenters. The minimum Gasteiger partial charge on any atom is -0.358 e. The quantitative estimate of drug-likeness (QED) is 0.352. The Labute approximate surface area is 45.5 Å². The van der Waals surface area contributed by atoms with Gasteiger partial charge in [-0.05, 0) is 4.92 Å². The van der Waals surface area contributed by atoms with Crippen molar-refractivity contribution in [1.82, 2.24) is 10.6 Å².